The van der Waals surface area contributed by atoms with Crippen molar-refractivity contribution in [1.82, 2.24) is 4.90 Å². The summed E-state index contributed by atoms with van der Waals surface area (Å²) in [6, 6.07) is 5.71. The SMILES string of the molecule is COc1ccc(NCC(C)(C)CN(C)C)c(N)c1. The van der Waals surface area contributed by atoms with Gasteiger partial charge in [0.25, 0.3) is 0 Å². The summed E-state index contributed by atoms with van der Waals surface area (Å²) in [6.07, 6.45) is 0. The lowest BCUT2D eigenvalue weighted by molar-refractivity contribution is 0.254. The van der Waals surface area contributed by atoms with Gasteiger partial charge >= 0.3 is 0 Å². The zero-order valence-corrected chi connectivity index (χ0v) is 12.1. The fourth-order valence-electron chi connectivity index (χ4n) is 2.08. The molecule has 0 aliphatic rings. The second-order valence-corrected chi connectivity index (χ2v) is 5.71. The van der Waals surface area contributed by atoms with Crippen molar-refractivity contribution in [2.24, 2.45) is 5.41 Å². The number of nitrogens with two attached hydrogens (primary N) is 1. The maximum absolute atomic E-state index is 5.97. The smallest absolute Gasteiger partial charge is 0.121 e. The summed E-state index contributed by atoms with van der Waals surface area (Å²) in [5.41, 5.74) is 7.84. The minimum absolute atomic E-state index is 0.190. The average Bonchev–Trinajstić information content (AvgIpc) is 2.25. The first kappa shape index (κ1) is 14.6. The largest absolute Gasteiger partial charge is 0.497 e. The number of anilines is 2. The van der Waals surface area contributed by atoms with Crippen LogP contribution in [0.3, 0.4) is 0 Å². The van der Waals surface area contributed by atoms with Gasteiger partial charge in [-0.25, -0.2) is 0 Å². The van der Waals surface area contributed by atoms with Crippen LogP contribution >= 0.6 is 0 Å². The van der Waals surface area contributed by atoms with Crippen LogP contribution in [-0.2, 0) is 0 Å². The van der Waals surface area contributed by atoms with Gasteiger partial charge in [0.2, 0.25) is 0 Å². The van der Waals surface area contributed by atoms with Gasteiger partial charge in [-0.05, 0) is 31.6 Å². The molecule has 0 amide bonds. The van der Waals surface area contributed by atoms with E-state index in [-0.39, 0.29) is 5.41 Å². The van der Waals surface area contributed by atoms with E-state index in [2.05, 4.69) is 38.2 Å². The first-order valence-electron chi connectivity index (χ1n) is 6.16. The lowest BCUT2D eigenvalue weighted by atomic mass is 9.93. The topological polar surface area (TPSA) is 50.5 Å². The molecule has 0 saturated carbocycles. The molecular weight excluding hydrogens is 226 g/mol. The Kier molecular flexibility index (Phi) is 4.84. The van der Waals surface area contributed by atoms with Crippen molar-refractivity contribution in [1.29, 1.82) is 0 Å². The number of nitrogen functional groups attached to an aromatic ring is 1. The molecule has 0 bridgehead atoms. The van der Waals surface area contributed by atoms with Crippen LogP contribution < -0.4 is 15.8 Å². The molecule has 0 spiro atoms. The Morgan fingerprint density at radius 2 is 2.00 bits per heavy atom. The normalized spacial score (nSPS) is 11.7. The molecule has 0 aliphatic heterocycles. The van der Waals surface area contributed by atoms with Crippen molar-refractivity contribution >= 4 is 11.4 Å². The molecule has 0 atom stereocenters. The average molecular weight is 251 g/mol. The highest BCUT2D eigenvalue weighted by molar-refractivity contribution is 5.68. The van der Waals surface area contributed by atoms with Crippen LogP contribution in [0, 0.1) is 5.41 Å². The van der Waals surface area contributed by atoms with Gasteiger partial charge in [-0.3, -0.25) is 0 Å². The van der Waals surface area contributed by atoms with Crippen molar-refractivity contribution in [2.45, 2.75) is 13.8 Å². The number of benzene rings is 1. The minimum atomic E-state index is 0.190. The van der Waals surface area contributed by atoms with E-state index in [0.717, 1.165) is 30.2 Å². The Hall–Kier alpha value is -1.42. The first-order valence-corrected chi connectivity index (χ1v) is 6.16. The van der Waals surface area contributed by atoms with Crippen LogP contribution in [0.5, 0.6) is 5.75 Å². The summed E-state index contributed by atoms with van der Waals surface area (Å²) in [6.45, 7) is 6.37. The van der Waals surface area contributed by atoms with Gasteiger partial charge in [0, 0.05) is 19.2 Å². The number of hydrogen-bond donors (Lipinski definition) is 2. The van der Waals surface area contributed by atoms with Gasteiger partial charge in [-0.1, -0.05) is 13.8 Å². The molecule has 0 aromatic heterocycles. The third-order valence-corrected chi connectivity index (χ3v) is 2.76. The van der Waals surface area contributed by atoms with E-state index in [4.69, 9.17) is 10.5 Å². The summed E-state index contributed by atoms with van der Waals surface area (Å²) in [4.78, 5) is 2.19. The third-order valence-electron chi connectivity index (χ3n) is 2.76. The zero-order valence-electron chi connectivity index (χ0n) is 12.1. The van der Waals surface area contributed by atoms with Gasteiger partial charge in [0.15, 0.2) is 0 Å². The van der Waals surface area contributed by atoms with E-state index in [1.54, 1.807) is 7.11 Å². The van der Waals surface area contributed by atoms with Crippen LogP contribution in [0.15, 0.2) is 18.2 Å². The third kappa shape index (κ3) is 4.45. The highest BCUT2D eigenvalue weighted by atomic mass is 16.5. The van der Waals surface area contributed by atoms with Gasteiger partial charge in [-0.2, -0.15) is 0 Å². The van der Waals surface area contributed by atoms with Gasteiger partial charge in [-0.15, -0.1) is 0 Å². The molecule has 0 fully saturated rings. The number of nitrogens with one attached hydrogen (secondary N) is 1. The molecule has 0 aliphatic carbocycles. The van der Waals surface area contributed by atoms with Crippen molar-refractivity contribution in [2.75, 3.05) is 45.3 Å². The standard InChI is InChI=1S/C14H25N3O/c1-14(2,10-17(3)4)9-16-13-7-6-11(18-5)8-12(13)15/h6-8,16H,9-10,15H2,1-5H3. The number of ether oxygens (including phenoxy) is 1. The fourth-order valence-corrected chi connectivity index (χ4v) is 2.08. The molecule has 102 valence electrons. The Bertz CT molecular complexity index is 389. The Morgan fingerprint density at radius 3 is 2.50 bits per heavy atom. The molecule has 3 N–H and O–H groups in total. The molecule has 0 heterocycles. The monoisotopic (exact) mass is 251 g/mol. The molecule has 1 aromatic rings. The maximum atomic E-state index is 5.97. The summed E-state index contributed by atoms with van der Waals surface area (Å²) in [5, 5.41) is 3.40. The molecule has 4 nitrogen and oxygen atoms in total. The van der Waals surface area contributed by atoms with E-state index in [1.807, 2.05) is 18.2 Å². The molecule has 0 radical (unpaired) electrons. The second-order valence-electron chi connectivity index (χ2n) is 5.71. The molecule has 1 rings (SSSR count). The Labute approximate surface area is 110 Å². The van der Waals surface area contributed by atoms with Crippen molar-refractivity contribution in [3.63, 3.8) is 0 Å². The van der Waals surface area contributed by atoms with E-state index in [1.165, 1.54) is 0 Å². The molecular formula is C14H25N3O. The van der Waals surface area contributed by atoms with Crippen LogP contribution in [-0.4, -0.2) is 39.2 Å². The predicted octanol–water partition coefficient (Wildman–Crippen LogP) is 2.28. The fraction of sp³-hybridized carbons (Fsp3) is 0.571. The molecule has 4 heteroatoms. The summed E-state index contributed by atoms with van der Waals surface area (Å²) >= 11 is 0. The number of methoxy groups -OCH3 is 1. The van der Waals surface area contributed by atoms with Gasteiger partial charge < -0.3 is 20.7 Å². The molecule has 0 saturated heterocycles. The molecule has 0 unspecified atom stereocenters. The van der Waals surface area contributed by atoms with E-state index in [9.17, 15) is 0 Å². The maximum Gasteiger partial charge on any atom is 0.121 e. The quantitative estimate of drug-likeness (QED) is 0.762. The van der Waals surface area contributed by atoms with E-state index in [0.29, 0.717) is 0 Å². The first-order chi connectivity index (χ1) is 8.34. The van der Waals surface area contributed by atoms with Crippen LogP contribution in [0.1, 0.15) is 13.8 Å². The minimum Gasteiger partial charge on any atom is -0.497 e. The van der Waals surface area contributed by atoms with Crippen LogP contribution in [0.4, 0.5) is 11.4 Å². The van der Waals surface area contributed by atoms with Crippen molar-refractivity contribution in [3.8, 4) is 5.75 Å². The lowest BCUT2D eigenvalue weighted by Crippen LogP contribution is -2.34. The lowest BCUT2D eigenvalue weighted by Gasteiger charge is -2.29. The summed E-state index contributed by atoms with van der Waals surface area (Å²) < 4.78 is 5.13. The van der Waals surface area contributed by atoms with Crippen LogP contribution in [0.25, 0.3) is 0 Å². The van der Waals surface area contributed by atoms with Crippen molar-refractivity contribution < 1.29 is 4.74 Å². The van der Waals surface area contributed by atoms with Crippen LogP contribution in [0.2, 0.25) is 0 Å². The van der Waals surface area contributed by atoms with E-state index >= 15 is 0 Å². The zero-order chi connectivity index (χ0) is 13.8. The van der Waals surface area contributed by atoms with Crippen molar-refractivity contribution in [3.05, 3.63) is 18.2 Å². The number of rotatable bonds is 6. The number of hydrogen-bond acceptors (Lipinski definition) is 4. The molecule has 1 aromatic carbocycles. The highest BCUT2D eigenvalue weighted by Gasteiger charge is 2.18. The second kappa shape index (κ2) is 5.96. The van der Waals surface area contributed by atoms with Gasteiger partial charge in [0.1, 0.15) is 5.75 Å². The molecule has 18 heavy (non-hydrogen) atoms. The summed E-state index contributed by atoms with van der Waals surface area (Å²) in [5.74, 6) is 0.783. The highest BCUT2D eigenvalue weighted by Crippen LogP contribution is 2.25. The van der Waals surface area contributed by atoms with E-state index < -0.39 is 0 Å². The Morgan fingerprint density at radius 1 is 1.33 bits per heavy atom. The Balaban J connectivity index is 2.63. The number of nitrogens with zero attached hydrogens (tertiary/aromatic N) is 1. The summed E-state index contributed by atoms with van der Waals surface area (Å²) in [7, 11) is 5.81. The predicted molar refractivity (Wildman–Crippen MR) is 78.2 cm³/mol. The van der Waals surface area contributed by atoms with Gasteiger partial charge in [0.05, 0.1) is 18.5 Å².